The first kappa shape index (κ1) is 22.4. The Balaban J connectivity index is 0.000000179. The van der Waals surface area contributed by atoms with Gasteiger partial charge in [-0.05, 0) is 81.5 Å². The van der Waals surface area contributed by atoms with Crippen molar-refractivity contribution < 1.29 is 14.6 Å². The fourth-order valence-electron chi connectivity index (χ4n) is 4.70. The van der Waals surface area contributed by atoms with Gasteiger partial charge in [-0.2, -0.15) is 0 Å². The number of nitro groups is 2. The first-order valence-electron chi connectivity index (χ1n) is 10.4. The maximum absolute atomic E-state index is 11.2. The maximum Gasteiger partial charge on any atom is 0.295 e. The predicted octanol–water partition coefficient (Wildman–Crippen LogP) is 4.50. The molecule has 0 saturated heterocycles. The van der Waals surface area contributed by atoms with Crippen LogP contribution < -0.4 is 5.73 Å². The number of aryl methyl sites for hydroxylation is 4. The van der Waals surface area contributed by atoms with Gasteiger partial charge in [0.25, 0.3) is 11.4 Å². The number of nitrogens with zero attached hydrogens (tertiary/aromatic N) is 2. The van der Waals surface area contributed by atoms with Gasteiger partial charge in [-0.15, -0.1) is 0 Å². The molecular weight excluding hydrogens is 398 g/mol. The first-order chi connectivity index (χ1) is 14.6. The average molecular weight is 425 g/mol. The Morgan fingerprint density at radius 3 is 1.87 bits per heavy atom. The molecule has 0 fully saturated rings. The molecule has 2 aromatic rings. The zero-order valence-electron chi connectivity index (χ0n) is 18.1. The minimum atomic E-state index is -0.355. The lowest BCUT2D eigenvalue weighted by Gasteiger charge is -2.10. The molecular formula is C23H27N3O5. The summed E-state index contributed by atoms with van der Waals surface area (Å²) in [5.41, 5.74) is 12.5. The van der Waals surface area contributed by atoms with Crippen LogP contribution in [0.2, 0.25) is 0 Å². The van der Waals surface area contributed by atoms with E-state index in [4.69, 9.17) is 5.73 Å². The zero-order chi connectivity index (χ0) is 22.9. The van der Waals surface area contributed by atoms with Crippen molar-refractivity contribution in [1.29, 1.82) is 0 Å². The number of nitro benzene ring substituents is 2. The number of anilines is 1. The number of Topliss-reactive ketones (excluding diaryl/α,β-unsaturated/α-hetero) is 1. The van der Waals surface area contributed by atoms with Crippen molar-refractivity contribution in [2.24, 2.45) is 0 Å². The van der Waals surface area contributed by atoms with E-state index in [-0.39, 0.29) is 33.4 Å². The van der Waals surface area contributed by atoms with E-state index in [1.807, 2.05) is 26.0 Å². The smallest absolute Gasteiger partial charge is 0.295 e. The maximum atomic E-state index is 11.2. The Morgan fingerprint density at radius 1 is 0.903 bits per heavy atom. The van der Waals surface area contributed by atoms with Crippen LogP contribution >= 0.6 is 0 Å². The highest BCUT2D eigenvalue weighted by Gasteiger charge is 2.28. The predicted molar refractivity (Wildman–Crippen MR) is 119 cm³/mol. The second kappa shape index (κ2) is 8.83. The van der Waals surface area contributed by atoms with Crippen molar-refractivity contribution in [2.45, 2.75) is 65.7 Å². The van der Waals surface area contributed by atoms with Gasteiger partial charge in [0, 0.05) is 23.1 Å². The molecule has 0 unspecified atom stereocenters. The summed E-state index contributed by atoms with van der Waals surface area (Å²) in [5.74, 6) is -0.0332. The Bertz CT molecular complexity index is 1090. The number of nitrogens with two attached hydrogens (primary N) is 1. The summed E-state index contributed by atoms with van der Waals surface area (Å²) in [4.78, 5) is 32.6. The van der Waals surface area contributed by atoms with E-state index >= 15 is 0 Å². The van der Waals surface area contributed by atoms with Crippen molar-refractivity contribution in [3.05, 3.63) is 71.3 Å². The van der Waals surface area contributed by atoms with Crippen LogP contribution in [-0.2, 0) is 36.9 Å². The van der Waals surface area contributed by atoms with Gasteiger partial charge in [0.15, 0.2) is 0 Å². The molecule has 2 aliphatic carbocycles. The summed E-state index contributed by atoms with van der Waals surface area (Å²) in [6.45, 7) is 5.14. The summed E-state index contributed by atoms with van der Waals surface area (Å²) in [5, 5.41) is 22.1. The van der Waals surface area contributed by atoms with Crippen molar-refractivity contribution in [3.63, 3.8) is 0 Å². The van der Waals surface area contributed by atoms with Crippen LogP contribution in [0.3, 0.4) is 0 Å². The standard InChI is InChI=1S/C13H15NO3.C10H12N2O2/c1-8-6-10-4-3-5-11(10)13(14(16)17)12(8)7-9(2)15;1-6-5-7-3-2-4-8(7)10(9(6)11)12(13)14/h6H,3-5,7H2,1-2H3;5H,2-4,11H2,1H3. The number of benzene rings is 2. The molecule has 0 saturated carbocycles. The molecule has 0 aromatic heterocycles. The number of hydrogen-bond acceptors (Lipinski definition) is 6. The minimum absolute atomic E-state index is 0.0332. The molecule has 2 aromatic carbocycles. The highest BCUT2D eigenvalue weighted by molar-refractivity contribution is 5.80. The summed E-state index contributed by atoms with van der Waals surface area (Å²) in [7, 11) is 0. The fraction of sp³-hybridized carbons (Fsp3) is 0.435. The Morgan fingerprint density at radius 2 is 1.39 bits per heavy atom. The van der Waals surface area contributed by atoms with E-state index in [2.05, 4.69) is 0 Å². The third-order valence-corrected chi connectivity index (χ3v) is 6.11. The molecule has 8 heteroatoms. The second-order valence-electron chi connectivity index (χ2n) is 8.35. The van der Waals surface area contributed by atoms with Crippen LogP contribution in [0, 0.1) is 34.1 Å². The summed E-state index contributed by atoms with van der Waals surface area (Å²) in [6.07, 6.45) is 5.54. The van der Waals surface area contributed by atoms with Gasteiger partial charge in [-0.3, -0.25) is 25.0 Å². The lowest BCUT2D eigenvalue weighted by atomic mass is 9.95. The summed E-state index contributed by atoms with van der Waals surface area (Å²) < 4.78 is 0. The number of rotatable bonds is 4. The van der Waals surface area contributed by atoms with Crippen molar-refractivity contribution >= 4 is 22.8 Å². The number of nitrogen functional groups attached to an aromatic ring is 1. The normalized spacial score (nSPS) is 13.8. The number of hydrogen-bond donors (Lipinski definition) is 1. The zero-order valence-corrected chi connectivity index (χ0v) is 18.1. The molecule has 4 rings (SSSR count). The molecule has 0 aliphatic heterocycles. The summed E-state index contributed by atoms with van der Waals surface area (Å²) >= 11 is 0. The first-order valence-corrected chi connectivity index (χ1v) is 10.4. The van der Waals surface area contributed by atoms with Crippen molar-refractivity contribution in [1.82, 2.24) is 0 Å². The molecule has 164 valence electrons. The van der Waals surface area contributed by atoms with Gasteiger partial charge < -0.3 is 5.73 Å². The number of fused-ring (bicyclic) bond motifs is 2. The SMILES string of the molecule is CC(=O)Cc1c(C)cc2c(c1[N+](=O)[O-])CCC2.Cc1cc2c(c([N+](=O)[O-])c1N)CCC2. The molecule has 0 radical (unpaired) electrons. The van der Waals surface area contributed by atoms with Crippen LogP contribution in [0.25, 0.3) is 0 Å². The largest absolute Gasteiger partial charge is 0.393 e. The Hall–Kier alpha value is -3.29. The van der Waals surface area contributed by atoms with E-state index in [1.165, 1.54) is 6.92 Å². The highest BCUT2D eigenvalue weighted by atomic mass is 16.6. The van der Waals surface area contributed by atoms with E-state index in [1.54, 1.807) is 0 Å². The molecule has 2 aliphatic rings. The third kappa shape index (κ3) is 4.42. The Kier molecular flexibility index (Phi) is 6.38. The molecule has 2 N–H and O–H groups in total. The van der Waals surface area contributed by atoms with Gasteiger partial charge >= 0.3 is 0 Å². The van der Waals surface area contributed by atoms with E-state index in [0.29, 0.717) is 11.3 Å². The van der Waals surface area contributed by atoms with Gasteiger partial charge in [-0.25, -0.2) is 0 Å². The van der Waals surface area contributed by atoms with Crippen LogP contribution in [0.5, 0.6) is 0 Å². The molecule has 31 heavy (non-hydrogen) atoms. The third-order valence-electron chi connectivity index (χ3n) is 6.11. The molecule has 0 heterocycles. The van der Waals surface area contributed by atoms with Crippen LogP contribution in [0.4, 0.5) is 17.1 Å². The molecule has 0 atom stereocenters. The molecule has 0 amide bonds. The number of ketones is 1. The minimum Gasteiger partial charge on any atom is -0.393 e. The van der Waals surface area contributed by atoms with Gasteiger partial charge in [0.05, 0.1) is 9.85 Å². The van der Waals surface area contributed by atoms with Gasteiger partial charge in [-0.1, -0.05) is 12.1 Å². The fourth-order valence-corrected chi connectivity index (χ4v) is 4.70. The quantitative estimate of drug-likeness (QED) is 0.436. The highest BCUT2D eigenvalue weighted by Crippen LogP contribution is 2.37. The molecule has 0 bridgehead atoms. The van der Waals surface area contributed by atoms with E-state index in [9.17, 15) is 25.0 Å². The van der Waals surface area contributed by atoms with Crippen LogP contribution in [0.1, 0.15) is 58.7 Å². The molecule has 0 spiro atoms. The van der Waals surface area contributed by atoms with E-state index < -0.39 is 0 Å². The Labute approximate surface area is 180 Å². The lowest BCUT2D eigenvalue weighted by molar-refractivity contribution is -0.386. The van der Waals surface area contributed by atoms with Crippen molar-refractivity contribution in [3.8, 4) is 0 Å². The average Bonchev–Trinajstić information content (AvgIpc) is 3.31. The summed E-state index contributed by atoms with van der Waals surface area (Å²) in [6, 6.07) is 3.98. The number of carbonyl (C=O) groups excluding carboxylic acids is 1. The lowest BCUT2D eigenvalue weighted by Crippen LogP contribution is -2.07. The topological polar surface area (TPSA) is 129 Å². The van der Waals surface area contributed by atoms with Gasteiger partial charge in [0.2, 0.25) is 0 Å². The number of carbonyl (C=O) groups is 1. The van der Waals surface area contributed by atoms with Crippen LogP contribution in [0.15, 0.2) is 12.1 Å². The van der Waals surface area contributed by atoms with Crippen molar-refractivity contribution in [2.75, 3.05) is 5.73 Å². The molecule has 8 nitrogen and oxygen atoms in total. The van der Waals surface area contributed by atoms with Gasteiger partial charge in [0.1, 0.15) is 11.5 Å². The van der Waals surface area contributed by atoms with Crippen LogP contribution in [-0.4, -0.2) is 15.6 Å². The van der Waals surface area contributed by atoms with E-state index in [0.717, 1.165) is 71.9 Å². The monoisotopic (exact) mass is 425 g/mol. The second-order valence-corrected chi connectivity index (χ2v) is 8.35.